The van der Waals surface area contributed by atoms with Crippen LogP contribution < -0.4 is 0 Å². The summed E-state index contributed by atoms with van der Waals surface area (Å²) in [6.45, 7) is 10.6. The highest BCUT2D eigenvalue weighted by molar-refractivity contribution is 5.95. The fourth-order valence-corrected chi connectivity index (χ4v) is 3.15. The van der Waals surface area contributed by atoms with Crippen LogP contribution in [0.5, 0.6) is 0 Å². The van der Waals surface area contributed by atoms with Gasteiger partial charge < -0.3 is 9.47 Å². The lowest BCUT2D eigenvalue weighted by Gasteiger charge is -2.42. The third-order valence-corrected chi connectivity index (χ3v) is 4.29. The summed E-state index contributed by atoms with van der Waals surface area (Å²) < 4.78 is 10.7. The number of hydrogen-bond donors (Lipinski definition) is 0. The van der Waals surface area contributed by atoms with Crippen LogP contribution in [0.25, 0.3) is 0 Å². The molecule has 1 aliphatic rings. The molecule has 0 bridgehead atoms. The van der Waals surface area contributed by atoms with E-state index in [1.807, 2.05) is 44.2 Å². The van der Waals surface area contributed by atoms with Crippen LogP contribution in [-0.2, 0) is 19.1 Å². The minimum atomic E-state index is -0.695. The maximum Gasteiger partial charge on any atom is 0.417 e. The number of esters is 1. The molecule has 6 nitrogen and oxygen atoms in total. The molecule has 1 saturated heterocycles. The molecule has 0 spiro atoms. The van der Waals surface area contributed by atoms with E-state index in [2.05, 4.69) is 0 Å². The average Bonchev–Trinajstić information content (AvgIpc) is 2.51. The Labute approximate surface area is 160 Å². The Morgan fingerprint density at radius 3 is 2.41 bits per heavy atom. The summed E-state index contributed by atoms with van der Waals surface area (Å²) in [5, 5.41) is 0. The van der Waals surface area contributed by atoms with Gasteiger partial charge in [-0.05, 0) is 40.2 Å². The fourth-order valence-electron chi connectivity index (χ4n) is 3.15. The summed E-state index contributed by atoms with van der Waals surface area (Å²) in [6.07, 6.45) is -0.292. The van der Waals surface area contributed by atoms with Gasteiger partial charge in [-0.15, -0.1) is 0 Å². The molecule has 6 heteroatoms. The number of hydrogen-bond acceptors (Lipinski definition) is 5. The van der Waals surface area contributed by atoms with E-state index in [9.17, 15) is 14.4 Å². The molecule has 1 heterocycles. The van der Waals surface area contributed by atoms with Gasteiger partial charge in [-0.2, -0.15) is 0 Å². The fraction of sp³-hybridized carbons (Fsp3) is 0.571. The predicted octanol–water partition coefficient (Wildman–Crippen LogP) is 4.24. The van der Waals surface area contributed by atoms with Crippen molar-refractivity contribution in [1.29, 1.82) is 0 Å². The Balaban J connectivity index is 2.22. The predicted molar refractivity (Wildman–Crippen MR) is 101 cm³/mol. The highest BCUT2D eigenvalue weighted by Crippen LogP contribution is 2.38. The molecule has 1 fully saturated rings. The maximum atomic E-state index is 13.0. The number of ether oxygens (including phenoxy) is 2. The Morgan fingerprint density at radius 1 is 1.26 bits per heavy atom. The molecule has 148 valence electrons. The van der Waals surface area contributed by atoms with E-state index in [0.717, 1.165) is 10.5 Å². The van der Waals surface area contributed by atoms with Crippen molar-refractivity contribution in [2.45, 2.75) is 71.6 Å². The van der Waals surface area contributed by atoms with E-state index in [0.29, 0.717) is 6.42 Å². The summed E-state index contributed by atoms with van der Waals surface area (Å²) in [4.78, 5) is 38.9. The van der Waals surface area contributed by atoms with Crippen molar-refractivity contribution in [2.75, 3.05) is 0 Å². The van der Waals surface area contributed by atoms with Gasteiger partial charge in [-0.3, -0.25) is 9.59 Å². The first kappa shape index (κ1) is 20.9. The number of carbonyl (C=O) groups is 3. The summed E-state index contributed by atoms with van der Waals surface area (Å²) in [5.74, 6) is -1.60. The zero-order chi connectivity index (χ0) is 20.4. The van der Waals surface area contributed by atoms with Crippen molar-refractivity contribution in [3.05, 3.63) is 35.9 Å². The minimum Gasteiger partial charge on any atom is -0.460 e. The lowest BCUT2D eigenvalue weighted by molar-refractivity contribution is -0.159. The van der Waals surface area contributed by atoms with Gasteiger partial charge in [0, 0.05) is 12.3 Å². The normalized spacial score (nSPS) is 20.6. The number of rotatable bonds is 4. The van der Waals surface area contributed by atoms with Crippen LogP contribution in [0.2, 0.25) is 0 Å². The largest absolute Gasteiger partial charge is 0.460 e. The van der Waals surface area contributed by atoms with Crippen LogP contribution in [-0.4, -0.2) is 34.1 Å². The molecule has 0 aromatic heterocycles. The quantitative estimate of drug-likeness (QED) is 0.736. The van der Waals surface area contributed by atoms with E-state index in [4.69, 9.17) is 9.47 Å². The molecule has 0 unspecified atom stereocenters. The minimum absolute atomic E-state index is 0.0925. The van der Waals surface area contributed by atoms with Crippen molar-refractivity contribution < 1.29 is 23.9 Å². The number of amides is 2. The van der Waals surface area contributed by atoms with Crippen molar-refractivity contribution in [3.8, 4) is 0 Å². The van der Waals surface area contributed by atoms with Crippen LogP contribution in [0.15, 0.2) is 30.3 Å². The second-order valence-corrected chi connectivity index (χ2v) is 8.66. The second kappa shape index (κ2) is 7.71. The van der Waals surface area contributed by atoms with Gasteiger partial charge in [-0.1, -0.05) is 37.3 Å². The molecule has 2 atom stereocenters. The van der Waals surface area contributed by atoms with Crippen molar-refractivity contribution in [1.82, 2.24) is 4.90 Å². The summed E-state index contributed by atoms with van der Waals surface area (Å²) in [5.41, 5.74) is -0.441. The number of benzene rings is 1. The van der Waals surface area contributed by atoms with E-state index in [1.54, 1.807) is 27.7 Å². The van der Waals surface area contributed by atoms with Crippen LogP contribution in [0.3, 0.4) is 0 Å². The molecule has 0 N–H and O–H groups in total. The topological polar surface area (TPSA) is 72.9 Å². The molecule has 0 aliphatic carbocycles. The van der Waals surface area contributed by atoms with Crippen LogP contribution in [0.1, 0.15) is 66.0 Å². The van der Waals surface area contributed by atoms with Gasteiger partial charge >= 0.3 is 12.1 Å². The number of cyclic esters (lactones) is 1. The third kappa shape index (κ3) is 5.55. The highest BCUT2D eigenvalue weighted by Gasteiger charge is 2.45. The smallest absolute Gasteiger partial charge is 0.417 e. The molecule has 1 aliphatic heterocycles. The van der Waals surface area contributed by atoms with E-state index in [1.165, 1.54) is 0 Å². The lowest BCUT2D eigenvalue weighted by atomic mass is 9.90. The van der Waals surface area contributed by atoms with Crippen LogP contribution >= 0.6 is 0 Å². The molecule has 2 rings (SSSR count). The molecule has 0 saturated carbocycles. The van der Waals surface area contributed by atoms with E-state index >= 15 is 0 Å². The third-order valence-electron chi connectivity index (χ3n) is 4.29. The Bertz CT molecular complexity index is 705. The molecular formula is C21H29NO5. The second-order valence-electron chi connectivity index (χ2n) is 8.66. The van der Waals surface area contributed by atoms with Crippen molar-refractivity contribution in [2.24, 2.45) is 5.92 Å². The number of imide groups is 1. The average molecular weight is 375 g/mol. The zero-order valence-corrected chi connectivity index (χ0v) is 16.9. The van der Waals surface area contributed by atoms with Crippen LogP contribution in [0, 0.1) is 5.92 Å². The monoisotopic (exact) mass is 375 g/mol. The van der Waals surface area contributed by atoms with Gasteiger partial charge in [0.15, 0.2) is 0 Å². The van der Waals surface area contributed by atoms with E-state index < -0.39 is 41.1 Å². The highest BCUT2D eigenvalue weighted by atomic mass is 16.6. The first-order chi connectivity index (χ1) is 12.4. The molecule has 1 aromatic carbocycles. The van der Waals surface area contributed by atoms with Gasteiger partial charge in [-0.25, -0.2) is 9.69 Å². The SMILES string of the molecule is C[C@H](CC(=O)OC(C)(C)C)C(=O)N1C(=O)OC(C)(C)C[C@@H]1c1ccccc1. The summed E-state index contributed by atoms with van der Waals surface area (Å²) >= 11 is 0. The Hall–Kier alpha value is -2.37. The first-order valence-corrected chi connectivity index (χ1v) is 9.22. The molecule has 1 aromatic rings. The lowest BCUT2D eigenvalue weighted by Crippen LogP contribution is -2.52. The standard InChI is InChI=1S/C21H29NO5/c1-14(12-17(23)26-20(2,3)4)18(24)22-16(15-10-8-7-9-11-15)13-21(5,6)27-19(22)25/h7-11,14,16H,12-13H2,1-6H3/t14-,16-/m1/s1. The number of nitrogens with zero attached hydrogens (tertiary/aromatic N) is 1. The summed E-state index contributed by atoms with van der Waals surface area (Å²) in [6, 6.07) is 8.96. The maximum absolute atomic E-state index is 13.0. The van der Waals surface area contributed by atoms with Crippen LogP contribution in [0.4, 0.5) is 4.79 Å². The Kier molecular flexibility index (Phi) is 5.97. The molecule has 27 heavy (non-hydrogen) atoms. The number of carbonyl (C=O) groups excluding carboxylic acids is 3. The first-order valence-electron chi connectivity index (χ1n) is 9.22. The van der Waals surface area contributed by atoms with Gasteiger partial charge in [0.05, 0.1) is 12.5 Å². The van der Waals surface area contributed by atoms with E-state index in [-0.39, 0.29) is 6.42 Å². The molecule has 2 amide bonds. The summed E-state index contributed by atoms with van der Waals surface area (Å²) in [7, 11) is 0. The molecule has 0 radical (unpaired) electrons. The zero-order valence-electron chi connectivity index (χ0n) is 16.9. The molecular weight excluding hydrogens is 346 g/mol. The van der Waals surface area contributed by atoms with Gasteiger partial charge in [0.1, 0.15) is 11.2 Å². The van der Waals surface area contributed by atoms with Crippen molar-refractivity contribution >= 4 is 18.0 Å². The Morgan fingerprint density at radius 2 is 1.85 bits per heavy atom. The van der Waals surface area contributed by atoms with Gasteiger partial charge in [0.2, 0.25) is 5.91 Å². The van der Waals surface area contributed by atoms with Gasteiger partial charge in [0.25, 0.3) is 0 Å². The van der Waals surface area contributed by atoms with Crippen molar-refractivity contribution in [3.63, 3.8) is 0 Å².